The maximum absolute atomic E-state index is 12.2. The largest absolute Gasteiger partial charge is 0.506 e. The van der Waals surface area contributed by atoms with E-state index in [0.717, 1.165) is 5.56 Å². The normalized spacial score (nSPS) is 11.0. The number of benzene rings is 2. The Kier molecular flexibility index (Phi) is 5.07. The molecule has 6 heteroatoms. The molecule has 0 spiro atoms. The van der Waals surface area contributed by atoms with Crippen molar-refractivity contribution in [1.29, 1.82) is 5.26 Å². The van der Waals surface area contributed by atoms with Crippen molar-refractivity contribution in [2.24, 2.45) is 0 Å². The Bertz CT molecular complexity index is 1010. The average molecular weight is 365 g/mol. The summed E-state index contributed by atoms with van der Waals surface area (Å²) in [6.07, 6.45) is 1.34. The first kappa shape index (κ1) is 17.3. The van der Waals surface area contributed by atoms with Crippen LogP contribution in [-0.4, -0.2) is 11.0 Å². The molecule has 26 heavy (non-hydrogen) atoms. The molecule has 0 bridgehead atoms. The molecule has 2 aromatic carbocycles. The zero-order valence-corrected chi connectivity index (χ0v) is 14.2. The molecule has 1 aromatic heterocycles. The van der Waals surface area contributed by atoms with Crippen molar-refractivity contribution in [1.82, 2.24) is 0 Å². The van der Waals surface area contributed by atoms with E-state index in [1.165, 1.54) is 18.2 Å². The average Bonchev–Trinajstić information content (AvgIpc) is 3.10. The van der Waals surface area contributed by atoms with Crippen molar-refractivity contribution in [2.45, 2.75) is 0 Å². The Morgan fingerprint density at radius 1 is 1.12 bits per heavy atom. The van der Waals surface area contributed by atoms with Gasteiger partial charge >= 0.3 is 0 Å². The number of furan rings is 1. The van der Waals surface area contributed by atoms with E-state index in [1.807, 2.05) is 18.2 Å². The van der Waals surface area contributed by atoms with Gasteiger partial charge in [0.15, 0.2) is 0 Å². The van der Waals surface area contributed by atoms with Gasteiger partial charge in [-0.15, -0.1) is 0 Å². The molecule has 2 N–H and O–H groups in total. The molecule has 128 valence electrons. The highest BCUT2D eigenvalue weighted by molar-refractivity contribution is 6.30. The number of hydrogen-bond donors (Lipinski definition) is 2. The number of anilines is 1. The molecule has 1 amide bonds. The zero-order valence-electron chi connectivity index (χ0n) is 13.4. The van der Waals surface area contributed by atoms with E-state index in [9.17, 15) is 15.2 Å². The molecule has 0 fully saturated rings. The van der Waals surface area contributed by atoms with Gasteiger partial charge in [0.05, 0.1) is 5.69 Å². The molecular formula is C20H13ClN2O3. The number of carbonyl (C=O) groups is 1. The van der Waals surface area contributed by atoms with E-state index in [1.54, 1.807) is 36.4 Å². The van der Waals surface area contributed by atoms with Gasteiger partial charge < -0.3 is 14.8 Å². The molecule has 0 saturated carbocycles. The van der Waals surface area contributed by atoms with Gasteiger partial charge in [-0.05, 0) is 48.5 Å². The number of carbonyl (C=O) groups excluding carboxylic acids is 1. The lowest BCUT2D eigenvalue weighted by Crippen LogP contribution is -2.13. The minimum absolute atomic E-state index is 0.0823. The van der Waals surface area contributed by atoms with Crippen molar-refractivity contribution < 1.29 is 14.3 Å². The highest BCUT2D eigenvalue weighted by Crippen LogP contribution is 2.26. The van der Waals surface area contributed by atoms with Crippen LogP contribution < -0.4 is 5.32 Å². The maximum Gasteiger partial charge on any atom is 0.266 e. The lowest BCUT2D eigenvalue weighted by atomic mass is 10.2. The van der Waals surface area contributed by atoms with E-state index < -0.39 is 5.91 Å². The lowest BCUT2D eigenvalue weighted by Gasteiger charge is -2.05. The number of nitrogens with one attached hydrogen (secondary N) is 1. The number of para-hydroxylation sites is 2. The van der Waals surface area contributed by atoms with Gasteiger partial charge in [-0.3, -0.25) is 4.79 Å². The van der Waals surface area contributed by atoms with Crippen molar-refractivity contribution in [3.63, 3.8) is 0 Å². The van der Waals surface area contributed by atoms with Crippen molar-refractivity contribution >= 4 is 29.3 Å². The van der Waals surface area contributed by atoms with E-state index in [4.69, 9.17) is 16.0 Å². The number of hydrogen-bond acceptors (Lipinski definition) is 4. The van der Waals surface area contributed by atoms with Crippen LogP contribution in [0.25, 0.3) is 17.4 Å². The summed E-state index contributed by atoms with van der Waals surface area (Å²) in [5.74, 6) is 0.227. The molecular weight excluding hydrogens is 352 g/mol. The molecule has 0 aliphatic rings. The summed E-state index contributed by atoms with van der Waals surface area (Å²) in [5.41, 5.74) is 0.899. The molecule has 1 heterocycles. The van der Waals surface area contributed by atoms with Gasteiger partial charge in [-0.1, -0.05) is 23.7 Å². The van der Waals surface area contributed by atoms with Gasteiger partial charge in [0, 0.05) is 16.7 Å². The van der Waals surface area contributed by atoms with Crippen LogP contribution in [0, 0.1) is 11.3 Å². The summed E-state index contributed by atoms with van der Waals surface area (Å²) in [4.78, 5) is 12.2. The predicted molar refractivity (Wildman–Crippen MR) is 99.5 cm³/mol. The van der Waals surface area contributed by atoms with Gasteiger partial charge in [0.1, 0.15) is 28.9 Å². The molecule has 5 nitrogen and oxygen atoms in total. The van der Waals surface area contributed by atoms with E-state index in [-0.39, 0.29) is 17.0 Å². The quantitative estimate of drug-likeness (QED) is 0.393. The van der Waals surface area contributed by atoms with Crippen LogP contribution in [0.1, 0.15) is 5.76 Å². The van der Waals surface area contributed by atoms with Crippen LogP contribution in [0.2, 0.25) is 5.02 Å². The second kappa shape index (κ2) is 7.60. The SMILES string of the molecule is N#C/C(=C\c1ccc(-c2ccc(Cl)cc2)o1)C(=O)Nc1ccccc1O. The van der Waals surface area contributed by atoms with E-state index >= 15 is 0 Å². The number of phenols is 1. The third-order valence-corrected chi connectivity index (χ3v) is 3.81. The molecule has 0 aliphatic heterocycles. The summed E-state index contributed by atoms with van der Waals surface area (Å²) in [6.45, 7) is 0. The van der Waals surface area contributed by atoms with Crippen LogP contribution in [0.15, 0.2) is 70.7 Å². The third kappa shape index (κ3) is 3.94. The third-order valence-electron chi connectivity index (χ3n) is 3.56. The molecule has 0 unspecified atom stereocenters. The Morgan fingerprint density at radius 3 is 2.54 bits per heavy atom. The minimum atomic E-state index is -0.640. The van der Waals surface area contributed by atoms with Crippen molar-refractivity contribution in [3.05, 3.63) is 77.0 Å². The fourth-order valence-electron chi connectivity index (χ4n) is 2.26. The number of halogens is 1. The number of rotatable bonds is 4. The smallest absolute Gasteiger partial charge is 0.266 e. The van der Waals surface area contributed by atoms with Crippen LogP contribution in [0.5, 0.6) is 5.75 Å². The van der Waals surface area contributed by atoms with Crippen LogP contribution in [-0.2, 0) is 4.79 Å². The summed E-state index contributed by atoms with van der Waals surface area (Å²) < 4.78 is 5.67. The topological polar surface area (TPSA) is 86.3 Å². The Labute approximate surface area is 154 Å². The first-order chi connectivity index (χ1) is 12.6. The van der Waals surface area contributed by atoms with Crippen LogP contribution in [0.4, 0.5) is 5.69 Å². The Morgan fingerprint density at radius 2 is 1.85 bits per heavy atom. The number of phenolic OH excluding ortho intramolecular Hbond substituents is 1. The fraction of sp³-hybridized carbons (Fsp3) is 0. The number of aromatic hydroxyl groups is 1. The number of amides is 1. The predicted octanol–water partition coefficient (Wildman–Crippen LogP) is 4.85. The minimum Gasteiger partial charge on any atom is -0.506 e. The molecule has 0 radical (unpaired) electrons. The molecule has 3 rings (SSSR count). The highest BCUT2D eigenvalue weighted by Gasteiger charge is 2.13. The van der Waals surface area contributed by atoms with E-state index in [0.29, 0.717) is 16.5 Å². The monoisotopic (exact) mass is 364 g/mol. The van der Waals surface area contributed by atoms with Gasteiger partial charge in [-0.25, -0.2) is 0 Å². The zero-order chi connectivity index (χ0) is 18.5. The summed E-state index contributed by atoms with van der Waals surface area (Å²) in [7, 11) is 0. The van der Waals surface area contributed by atoms with E-state index in [2.05, 4.69) is 5.32 Å². The molecule has 3 aromatic rings. The van der Waals surface area contributed by atoms with Crippen molar-refractivity contribution in [2.75, 3.05) is 5.32 Å². The van der Waals surface area contributed by atoms with Gasteiger partial charge in [-0.2, -0.15) is 5.26 Å². The lowest BCUT2D eigenvalue weighted by molar-refractivity contribution is -0.112. The highest BCUT2D eigenvalue weighted by atomic mass is 35.5. The first-order valence-electron chi connectivity index (χ1n) is 7.64. The van der Waals surface area contributed by atoms with Crippen LogP contribution >= 0.6 is 11.6 Å². The van der Waals surface area contributed by atoms with Gasteiger partial charge in [0.25, 0.3) is 5.91 Å². The Hall–Kier alpha value is -3.49. The standard InChI is InChI=1S/C20H13ClN2O3/c21-15-7-5-13(6-8-15)19-10-9-16(26-19)11-14(12-22)20(25)23-17-3-1-2-4-18(17)24/h1-11,24H,(H,23,25)/b14-11+. The maximum atomic E-state index is 12.2. The first-order valence-corrected chi connectivity index (χ1v) is 8.01. The van der Waals surface area contributed by atoms with Crippen LogP contribution in [0.3, 0.4) is 0 Å². The molecule has 0 saturated heterocycles. The molecule has 0 aliphatic carbocycles. The Balaban J connectivity index is 1.81. The molecule has 0 atom stereocenters. The second-order valence-corrected chi connectivity index (χ2v) is 5.79. The second-order valence-electron chi connectivity index (χ2n) is 5.35. The van der Waals surface area contributed by atoms with Crippen molar-refractivity contribution in [3.8, 4) is 23.1 Å². The summed E-state index contributed by atoms with van der Waals surface area (Å²) >= 11 is 5.87. The fourth-order valence-corrected chi connectivity index (χ4v) is 2.39. The summed E-state index contributed by atoms with van der Waals surface area (Å²) in [6, 6.07) is 18.6. The summed E-state index contributed by atoms with van der Waals surface area (Å²) in [5, 5.41) is 22.1. The van der Waals surface area contributed by atoms with Gasteiger partial charge in [0.2, 0.25) is 0 Å². The number of nitrogens with zero attached hydrogens (tertiary/aromatic N) is 1. The number of nitriles is 1.